The highest BCUT2D eigenvalue weighted by molar-refractivity contribution is 7.71. The first-order valence-electron chi connectivity index (χ1n) is 8.71. The molecule has 0 aliphatic rings. The van der Waals surface area contributed by atoms with E-state index in [2.05, 4.69) is 15.3 Å². The van der Waals surface area contributed by atoms with E-state index in [1.54, 1.807) is 30.3 Å². The molecule has 0 saturated carbocycles. The number of aromatic nitrogens is 3. The molecule has 158 valence electrons. The zero-order valence-corrected chi connectivity index (χ0v) is 17.2. The molecule has 3 aromatic rings. The SMILES string of the molecule is CCOc1cc(/C=N\n2c(C(F)(F)F)n[nH]c2=S)ccc1OCc1cccc(Cl)c1. The van der Waals surface area contributed by atoms with Crippen LogP contribution in [-0.4, -0.2) is 27.7 Å². The average Bonchev–Trinajstić information content (AvgIpc) is 3.07. The van der Waals surface area contributed by atoms with Crippen LogP contribution in [0.2, 0.25) is 5.02 Å². The first-order chi connectivity index (χ1) is 14.3. The van der Waals surface area contributed by atoms with Gasteiger partial charge in [-0.2, -0.15) is 22.9 Å². The lowest BCUT2D eigenvalue weighted by molar-refractivity contribution is -0.147. The van der Waals surface area contributed by atoms with Crippen LogP contribution in [0.4, 0.5) is 13.2 Å². The van der Waals surface area contributed by atoms with Crippen molar-refractivity contribution >= 4 is 30.0 Å². The molecular formula is C19H16ClF3N4O2S. The van der Waals surface area contributed by atoms with Crippen molar-refractivity contribution in [1.82, 2.24) is 14.9 Å². The van der Waals surface area contributed by atoms with Crippen LogP contribution >= 0.6 is 23.8 Å². The second-order valence-electron chi connectivity index (χ2n) is 5.96. The number of alkyl halides is 3. The highest BCUT2D eigenvalue weighted by atomic mass is 35.5. The van der Waals surface area contributed by atoms with Crippen molar-refractivity contribution in [2.45, 2.75) is 19.7 Å². The Morgan fingerprint density at radius 3 is 2.70 bits per heavy atom. The number of halogens is 4. The van der Waals surface area contributed by atoms with Gasteiger partial charge >= 0.3 is 6.18 Å². The number of benzene rings is 2. The molecule has 30 heavy (non-hydrogen) atoms. The van der Waals surface area contributed by atoms with E-state index < -0.39 is 12.0 Å². The summed E-state index contributed by atoms with van der Waals surface area (Å²) in [6, 6.07) is 12.1. The minimum atomic E-state index is -4.70. The van der Waals surface area contributed by atoms with Crippen LogP contribution in [0.1, 0.15) is 23.9 Å². The first-order valence-corrected chi connectivity index (χ1v) is 9.49. The predicted octanol–water partition coefficient (Wildman–Crippen LogP) is 5.47. The molecule has 6 nitrogen and oxygen atoms in total. The molecule has 0 amide bonds. The van der Waals surface area contributed by atoms with Gasteiger partial charge in [0.15, 0.2) is 11.5 Å². The molecule has 0 aliphatic heterocycles. The van der Waals surface area contributed by atoms with E-state index in [-0.39, 0.29) is 11.4 Å². The van der Waals surface area contributed by atoms with Gasteiger partial charge < -0.3 is 9.47 Å². The summed E-state index contributed by atoms with van der Waals surface area (Å²) in [5, 5.41) is 9.66. The molecule has 0 saturated heterocycles. The molecule has 0 atom stereocenters. The van der Waals surface area contributed by atoms with E-state index in [0.717, 1.165) is 5.56 Å². The fourth-order valence-corrected chi connectivity index (χ4v) is 2.88. The molecule has 0 spiro atoms. The number of nitrogens with one attached hydrogen (secondary N) is 1. The molecule has 0 unspecified atom stereocenters. The molecule has 1 heterocycles. The van der Waals surface area contributed by atoms with E-state index in [0.29, 0.717) is 33.4 Å². The summed E-state index contributed by atoms with van der Waals surface area (Å²) >= 11 is 10.8. The molecule has 1 aromatic heterocycles. The second-order valence-corrected chi connectivity index (χ2v) is 6.79. The standard InChI is InChI=1S/C19H16ClF3N4O2S/c1-2-28-16-9-12(10-24-27-17(19(21,22)23)25-26-18(27)30)6-7-15(16)29-11-13-4-3-5-14(20)8-13/h3-10H,2,11H2,1H3,(H,26,30)/b24-10-. The summed E-state index contributed by atoms with van der Waals surface area (Å²) in [4.78, 5) is 0. The zero-order chi connectivity index (χ0) is 21.7. The third-order valence-corrected chi connectivity index (χ3v) is 4.28. The van der Waals surface area contributed by atoms with Crippen LogP contribution in [0.5, 0.6) is 11.5 Å². The van der Waals surface area contributed by atoms with Crippen LogP contribution in [0.25, 0.3) is 0 Å². The molecule has 0 radical (unpaired) electrons. The number of rotatable bonds is 7. The lowest BCUT2D eigenvalue weighted by atomic mass is 10.2. The van der Waals surface area contributed by atoms with Gasteiger partial charge in [0, 0.05) is 5.02 Å². The van der Waals surface area contributed by atoms with Gasteiger partial charge in [0.25, 0.3) is 5.82 Å². The molecule has 0 bridgehead atoms. The Kier molecular flexibility index (Phi) is 6.78. The molecule has 2 aromatic carbocycles. The van der Waals surface area contributed by atoms with Gasteiger partial charge in [0.1, 0.15) is 6.61 Å². The highest BCUT2D eigenvalue weighted by Gasteiger charge is 2.37. The fraction of sp³-hybridized carbons (Fsp3) is 0.211. The maximum absolute atomic E-state index is 13.0. The van der Waals surface area contributed by atoms with Gasteiger partial charge in [-0.1, -0.05) is 23.7 Å². The van der Waals surface area contributed by atoms with E-state index in [1.165, 1.54) is 6.21 Å². The predicted molar refractivity (Wildman–Crippen MR) is 109 cm³/mol. The Balaban J connectivity index is 1.82. The molecule has 11 heteroatoms. The Bertz CT molecular complexity index is 1110. The van der Waals surface area contributed by atoms with Crippen LogP contribution in [0.15, 0.2) is 47.6 Å². The number of hydrogen-bond acceptors (Lipinski definition) is 5. The van der Waals surface area contributed by atoms with Crippen molar-refractivity contribution in [2.75, 3.05) is 6.61 Å². The first kappa shape index (κ1) is 21.8. The summed E-state index contributed by atoms with van der Waals surface area (Å²) in [6.45, 7) is 2.45. The van der Waals surface area contributed by atoms with Gasteiger partial charge in [-0.25, -0.2) is 5.10 Å². The van der Waals surface area contributed by atoms with Crippen LogP contribution < -0.4 is 9.47 Å². The number of ether oxygens (including phenoxy) is 2. The smallest absolute Gasteiger partial charge is 0.453 e. The zero-order valence-electron chi connectivity index (χ0n) is 15.6. The van der Waals surface area contributed by atoms with Gasteiger partial charge in [0.05, 0.1) is 12.8 Å². The quantitative estimate of drug-likeness (QED) is 0.378. The lowest BCUT2D eigenvalue weighted by Crippen LogP contribution is -2.12. The molecule has 3 rings (SSSR count). The van der Waals surface area contributed by atoms with Crippen molar-refractivity contribution in [3.05, 3.63) is 69.2 Å². The van der Waals surface area contributed by atoms with Crippen molar-refractivity contribution in [2.24, 2.45) is 5.10 Å². The summed E-state index contributed by atoms with van der Waals surface area (Å²) in [5.41, 5.74) is 1.37. The molecular weight excluding hydrogens is 441 g/mol. The number of hydrogen-bond donors (Lipinski definition) is 1. The maximum Gasteiger partial charge on any atom is 0.453 e. The topological polar surface area (TPSA) is 64.4 Å². The van der Waals surface area contributed by atoms with Crippen molar-refractivity contribution < 1.29 is 22.6 Å². The Hall–Kier alpha value is -2.85. The van der Waals surface area contributed by atoms with Crippen molar-refractivity contribution in [1.29, 1.82) is 0 Å². The van der Waals surface area contributed by atoms with Crippen molar-refractivity contribution in [3.8, 4) is 11.5 Å². The van der Waals surface area contributed by atoms with Gasteiger partial charge in [-0.05, 0) is 60.6 Å². The lowest BCUT2D eigenvalue weighted by Gasteiger charge is -2.13. The summed E-state index contributed by atoms with van der Waals surface area (Å²) in [7, 11) is 0. The van der Waals surface area contributed by atoms with E-state index in [9.17, 15) is 13.2 Å². The Morgan fingerprint density at radius 1 is 1.20 bits per heavy atom. The van der Waals surface area contributed by atoms with E-state index in [1.807, 2.05) is 19.1 Å². The van der Waals surface area contributed by atoms with E-state index in [4.69, 9.17) is 33.3 Å². The number of H-pyrrole nitrogens is 1. The second kappa shape index (κ2) is 9.31. The van der Waals surface area contributed by atoms with Gasteiger partial charge in [0.2, 0.25) is 4.77 Å². The molecule has 0 fully saturated rings. The third-order valence-electron chi connectivity index (χ3n) is 3.78. The summed E-state index contributed by atoms with van der Waals surface area (Å²) in [5.74, 6) is -0.338. The van der Waals surface area contributed by atoms with Crippen LogP contribution in [0.3, 0.4) is 0 Å². The molecule has 1 N–H and O–H groups in total. The fourth-order valence-electron chi connectivity index (χ4n) is 2.49. The van der Waals surface area contributed by atoms with Crippen molar-refractivity contribution in [3.63, 3.8) is 0 Å². The largest absolute Gasteiger partial charge is 0.490 e. The van der Waals surface area contributed by atoms with Crippen LogP contribution in [-0.2, 0) is 12.8 Å². The summed E-state index contributed by atoms with van der Waals surface area (Å²) < 4.78 is 50.6. The Morgan fingerprint density at radius 2 is 2.00 bits per heavy atom. The minimum absolute atomic E-state index is 0.271. The number of nitrogens with zero attached hydrogens (tertiary/aromatic N) is 3. The highest BCUT2D eigenvalue weighted by Crippen LogP contribution is 2.30. The monoisotopic (exact) mass is 456 g/mol. The average molecular weight is 457 g/mol. The van der Waals surface area contributed by atoms with Gasteiger partial charge in [-0.3, -0.25) is 0 Å². The minimum Gasteiger partial charge on any atom is -0.490 e. The number of aromatic amines is 1. The third kappa shape index (κ3) is 5.39. The van der Waals surface area contributed by atoms with Crippen LogP contribution in [0, 0.1) is 4.77 Å². The normalized spacial score (nSPS) is 11.8. The summed E-state index contributed by atoms with van der Waals surface area (Å²) in [6.07, 6.45) is -3.47. The Labute approximate surface area is 179 Å². The van der Waals surface area contributed by atoms with E-state index >= 15 is 0 Å². The maximum atomic E-state index is 13.0. The molecule has 0 aliphatic carbocycles. The van der Waals surface area contributed by atoms with Gasteiger partial charge in [-0.15, -0.1) is 5.10 Å².